The molecule has 5 heteroatoms. The van der Waals surface area contributed by atoms with Crippen LogP contribution in [0, 0.1) is 0 Å². The van der Waals surface area contributed by atoms with Gasteiger partial charge >= 0.3 is 0 Å². The number of amides is 1. The second kappa shape index (κ2) is 6.24. The van der Waals surface area contributed by atoms with Gasteiger partial charge in [-0.25, -0.2) is 0 Å². The van der Waals surface area contributed by atoms with Gasteiger partial charge in [0, 0.05) is 36.9 Å². The number of hydrogen-bond acceptors (Lipinski definition) is 3. The molecule has 1 N–H and O–H groups in total. The van der Waals surface area contributed by atoms with Gasteiger partial charge in [-0.1, -0.05) is 11.6 Å². The molecule has 0 bridgehead atoms. The Balaban J connectivity index is 2.18. The Bertz CT molecular complexity index is 526. The largest absolute Gasteiger partial charge is 0.387 e. The maximum atomic E-state index is 12.7. The molecule has 0 aromatic heterocycles. The highest BCUT2D eigenvalue weighted by molar-refractivity contribution is 6.31. The molecule has 1 amide bonds. The van der Waals surface area contributed by atoms with Gasteiger partial charge < -0.3 is 15.1 Å². The van der Waals surface area contributed by atoms with E-state index in [0.717, 1.165) is 25.1 Å². The molecule has 1 fully saturated rings. The van der Waals surface area contributed by atoms with Crippen molar-refractivity contribution in [2.45, 2.75) is 24.8 Å². The predicted molar refractivity (Wildman–Crippen MR) is 88.2 cm³/mol. The second-order valence-electron chi connectivity index (χ2n) is 6.07. The number of carbonyl (C=O) groups excluding carboxylic acids is 1. The van der Waals surface area contributed by atoms with Crippen LogP contribution in [0.5, 0.6) is 0 Å². The average Bonchev–Trinajstić information content (AvgIpc) is 2.41. The van der Waals surface area contributed by atoms with E-state index in [0.29, 0.717) is 10.6 Å². The van der Waals surface area contributed by atoms with Crippen LogP contribution in [0.1, 0.15) is 29.6 Å². The third-order valence-corrected chi connectivity index (χ3v) is 4.83. The molecule has 1 aromatic rings. The minimum atomic E-state index is 0.00924. The highest BCUT2D eigenvalue weighted by atomic mass is 35.5. The van der Waals surface area contributed by atoms with Crippen LogP contribution < -0.4 is 5.32 Å². The lowest BCUT2D eigenvalue weighted by Crippen LogP contribution is -2.57. The van der Waals surface area contributed by atoms with E-state index in [9.17, 15) is 4.79 Å². The molecule has 0 heterocycles. The van der Waals surface area contributed by atoms with E-state index in [2.05, 4.69) is 24.3 Å². The third kappa shape index (κ3) is 3.16. The van der Waals surface area contributed by atoms with Crippen molar-refractivity contribution in [3.05, 3.63) is 28.8 Å². The summed E-state index contributed by atoms with van der Waals surface area (Å²) < 4.78 is 0. The van der Waals surface area contributed by atoms with Crippen LogP contribution in [0.2, 0.25) is 5.02 Å². The lowest BCUT2D eigenvalue weighted by molar-refractivity contribution is 0.0253. The zero-order valence-electron chi connectivity index (χ0n) is 13.2. The van der Waals surface area contributed by atoms with Crippen molar-refractivity contribution in [1.29, 1.82) is 0 Å². The zero-order valence-corrected chi connectivity index (χ0v) is 14.0. The van der Waals surface area contributed by atoms with Gasteiger partial charge in [-0.15, -0.1) is 0 Å². The lowest BCUT2D eigenvalue weighted by Gasteiger charge is -2.49. The number of anilines is 1. The predicted octanol–water partition coefficient (Wildman–Crippen LogP) is 2.94. The highest BCUT2D eigenvalue weighted by Gasteiger charge is 2.40. The van der Waals surface area contributed by atoms with Crippen LogP contribution in [0.4, 0.5) is 5.69 Å². The number of likely N-dealkylation sites (N-methyl/N-ethyl adjacent to an activating group) is 2. The maximum absolute atomic E-state index is 12.7. The maximum Gasteiger partial charge on any atom is 0.255 e. The van der Waals surface area contributed by atoms with Crippen molar-refractivity contribution in [2.75, 3.05) is 40.1 Å². The van der Waals surface area contributed by atoms with E-state index in [1.165, 1.54) is 6.42 Å². The fourth-order valence-corrected chi connectivity index (χ4v) is 3.13. The molecule has 116 valence electrons. The Morgan fingerprint density at radius 3 is 2.48 bits per heavy atom. The van der Waals surface area contributed by atoms with Crippen LogP contribution in [-0.2, 0) is 0 Å². The minimum absolute atomic E-state index is 0.00924. The number of nitrogens with one attached hydrogen (secondary N) is 1. The first kappa shape index (κ1) is 16.1. The second-order valence-corrected chi connectivity index (χ2v) is 6.51. The molecule has 2 rings (SSSR count). The fraction of sp³-hybridized carbons (Fsp3) is 0.562. The van der Waals surface area contributed by atoms with Gasteiger partial charge in [0.15, 0.2) is 0 Å². The van der Waals surface area contributed by atoms with Gasteiger partial charge in [-0.3, -0.25) is 4.79 Å². The zero-order chi connectivity index (χ0) is 15.6. The van der Waals surface area contributed by atoms with Gasteiger partial charge in [-0.05, 0) is 51.6 Å². The van der Waals surface area contributed by atoms with Crippen LogP contribution in [-0.4, -0.2) is 56.0 Å². The molecule has 0 aliphatic heterocycles. The number of carbonyl (C=O) groups is 1. The van der Waals surface area contributed by atoms with Gasteiger partial charge in [0.25, 0.3) is 5.91 Å². The van der Waals surface area contributed by atoms with Crippen LogP contribution in [0.25, 0.3) is 0 Å². The Morgan fingerprint density at radius 1 is 1.33 bits per heavy atom. The normalized spacial score (nSPS) is 16.5. The molecular formula is C16H24ClN3O. The molecule has 1 saturated carbocycles. The van der Waals surface area contributed by atoms with Crippen molar-refractivity contribution in [2.24, 2.45) is 0 Å². The Kier molecular flexibility index (Phi) is 4.79. The monoisotopic (exact) mass is 309 g/mol. The fourth-order valence-electron chi connectivity index (χ4n) is 2.96. The molecule has 4 nitrogen and oxygen atoms in total. The molecule has 1 aromatic carbocycles. The van der Waals surface area contributed by atoms with Crippen LogP contribution in [0.15, 0.2) is 18.2 Å². The summed E-state index contributed by atoms with van der Waals surface area (Å²) in [6.07, 6.45) is 3.53. The van der Waals surface area contributed by atoms with Crippen LogP contribution >= 0.6 is 11.6 Å². The van der Waals surface area contributed by atoms with E-state index in [-0.39, 0.29) is 11.4 Å². The Labute approximate surface area is 132 Å². The van der Waals surface area contributed by atoms with E-state index in [1.807, 2.05) is 25.1 Å². The lowest BCUT2D eigenvalue weighted by atomic mass is 9.75. The summed E-state index contributed by atoms with van der Waals surface area (Å²) in [5, 5.41) is 3.64. The van der Waals surface area contributed by atoms with E-state index in [4.69, 9.17) is 11.6 Å². The minimum Gasteiger partial charge on any atom is -0.387 e. The standard InChI is InChI=1S/C16H24ClN3O/c1-18-14-7-6-12(17)10-13(14)15(21)20(4)11-16(19(2)3)8-5-9-16/h6-7,10,18H,5,8-9,11H2,1-4H3. The molecule has 0 radical (unpaired) electrons. The summed E-state index contributed by atoms with van der Waals surface area (Å²) in [7, 11) is 7.87. The summed E-state index contributed by atoms with van der Waals surface area (Å²) in [6, 6.07) is 5.36. The summed E-state index contributed by atoms with van der Waals surface area (Å²) in [6.45, 7) is 0.745. The molecular weight excluding hydrogens is 286 g/mol. The molecule has 0 unspecified atom stereocenters. The number of hydrogen-bond donors (Lipinski definition) is 1. The summed E-state index contributed by atoms with van der Waals surface area (Å²) in [5.74, 6) is 0.00924. The highest BCUT2D eigenvalue weighted by Crippen LogP contribution is 2.37. The SMILES string of the molecule is CNc1ccc(Cl)cc1C(=O)N(C)CC1(N(C)C)CCC1. The molecule has 0 spiro atoms. The molecule has 21 heavy (non-hydrogen) atoms. The number of rotatable bonds is 5. The first-order valence-electron chi connectivity index (χ1n) is 7.30. The molecule has 1 aliphatic carbocycles. The van der Waals surface area contributed by atoms with Crippen molar-refractivity contribution < 1.29 is 4.79 Å². The average molecular weight is 310 g/mol. The molecule has 0 atom stereocenters. The molecule has 0 saturated heterocycles. The van der Waals surface area contributed by atoms with E-state index in [1.54, 1.807) is 12.1 Å². The number of nitrogens with zero attached hydrogens (tertiary/aromatic N) is 2. The van der Waals surface area contributed by atoms with Crippen LogP contribution in [0.3, 0.4) is 0 Å². The first-order valence-corrected chi connectivity index (χ1v) is 7.67. The quantitative estimate of drug-likeness (QED) is 0.908. The van der Waals surface area contributed by atoms with Crippen molar-refractivity contribution in [3.8, 4) is 0 Å². The van der Waals surface area contributed by atoms with E-state index >= 15 is 0 Å². The summed E-state index contributed by atoms with van der Waals surface area (Å²) in [4.78, 5) is 16.8. The Hall–Kier alpha value is -1.26. The smallest absolute Gasteiger partial charge is 0.255 e. The van der Waals surface area contributed by atoms with Gasteiger partial charge in [-0.2, -0.15) is 0 Å². The molecule has 1 aliphatic rings. The Morgan fingerprint density at radius 2 is 2.00 bits per heavy atom. The van der Waals surface area contributed by atoms with E-state index < -0.39 is 0 Å². The first-order chi connectivity index (χ1) is 9.89. The van der Waals surface area contributed by atoms with Gasteiger partial charge in [0.05, 0.1) is 5.56 Å². The van der Waals surface area contributed by atoms with Gasteiger partial charge in [0.1, 0.15) is 0 Å². The van der Waals surface area contributed by atoms with Crippen molar-refractivity contribution >= 4 is 23.2 Å². The van der Waals surface area contributed by atoms with Crippen molar-refractivity contribution in [3.63, 3.8) is 0 Å². The summed E-state index contributed by atoms with van der Waals surface area (Å²) >= 11 is 6.04. The number of halogens is 1. The van der Waals surface area contributed by atoms with Crippen molar-refractivity contribution in [1.82, 2.24) is 9.80 Å². The van der Waals surface area contributed by atoms with Gasteiger partial charge in [0.2, 0.25) is 0 Å². The summed E-state index contributed by atoms with van der Waals surface area (Å²) in [5.41, 5.74) is 1.56. The topological polar surface area (TPSA) is 35.6 Å². The number of benzene rings is 1. The third-order valence-electron chi connectivity index (χ3n) is 4.59.